The molecule has 0 radical (unpaired) electrons. The fourth-order valence-corrected chi connectivity index (χ4v) is 1.91. The summed E-state index contributed by atoms with van der Waals surface area (Å²) in [6, 6.07) is 1.36. The summed E-state index contributed by atoms with van der Waals surface area (Å²) in [6.07, 6.45) is 0. The van der Waals surface area contributed by atoms with Crippen molar-refractivity contribution in [1.29, 1.82) is 0 Å². The van der Waals surface area contributed by atoms with Crippen molar-refractivity contribution >= 4 is 34.9 Å². The third kappa shape index (κ3) is 2.08. The van der Waals surface area contributed by atoms with Crippen LogP contribution in [0.4, 0.5) is 11.4 Å². The summed E-state index contributed by atoms with van der Waals surface area (Å²) in [5, 5.41) is 2.74. The molecule has 1 aromatic rings. The van der Waals surface area contributed by atoms with Gasteiger partial charge in [-0.05, 0) is 19.9 Å². The molecule has 1 aliphatic rings. The molecule has 1 heterocycles. The Hall–Kier alpha value is -1.95. The number of amides is 1. The minimum absolute atomic E-state index is 0.116. The molecule has 1 aromatic carbocycles. The van der Waals surface area contributed by atoms with Gasteiger partial charge in [-0.15, -0.1) is 0 Å². The maximum absolute atomic E-state index is 11.8. The van der Waals surface area contributed by atoms with E-state index in [4.69, 9.17) is 22.1 Å². The topological polar surface area (TPSA) is 90.7 Å². The van der Waals surface area contributed by atoms with Crippen LogP contribution in [0.1, 0.15) is 24.2 Å². The summed E-state index contributed by atoms with van der Waals surface area (Å²) in [5.41, 5.74) is 5.12. The van der Waals surface area contributed by atoms with E-state index in [0.29, 0.717) is 0 Å². The Morgan fingerprint density at radius 2 is 2.16 bits per heavy atom. The van der Waals surface area contributed by atoms with Crippen LogP contribution in [-0.4, -0.2) is 24.6 Å². The number of carbonyl (C=O) groups is 2. The van der Waals surface area contributed by atoms with Gasteiger partial charge in [0.05, 0.1) is 17.8 Å². The van der Waals surface area contributed by atoms with E-state index < -0.39 is 11.6 Å². The standard InChI is InChI=1S/C12H13ClN2O4/c1-12(2)11(17)15-8-7(14)6(13)4-5(9(8)19-12)10(16)18-3/h4H,14H2,1-3H3,(H,15,17). The number of carbonyl (C=O) groups excluding carboxylic acids is 2. The van der Waals surface area contributed by atoms with Crippen LogP contribution in [0.3, 0.4) is 0 Å². The van der Waals surface area contributed by atoms with E-state index in [0.717, 1.165) is 0 Å². The molecule has 0 unspecified atom stereocenters. The number of nitrogens with two attached hydrogens (primary N) is 1. The van der Waals surface area contributed by atoms with Gasteiger partial charge in [-0.1, -0.05) is 11.6 Å². The number of esters is 1. The van der Waals surface area contributed by atoms with Crippen molar-refractivity contribution < 1.29 is 19.1 Å². The number of hydrogen-bond acceptors (Lipinski definition) is 5. The number of methoxy groups -OCH3 is 1. The molecule has 1 amide bonds. The van der Waals surface area contributed by atoms with Gasteiger partial charge < -0.3 is 20.5 Å². The second kappa shape index (κ2) is 4.31. The maximum atomic E-state index is 11.8. The first-order valence-electron chi connectivity index (χ1n) is 5.48. The van der Waals surface area contributed by atoms with Crippen molar-refractivity contribution in [2.24, 2.45) is 0 Å². The number of fused-ring (bicyclic) bond motifs is 1. The van der Waals surface area contributed by atoms with Gasteiger partial charge >= 0.3 is 5.97 Å². The molecule has 0 aliphatic carbocycles. The largest absolute Gasteiger partial charge is 0.475 e. The van der Waals surface area contributed by atoms with Crippen LogP contribution >= 0.6 is 11.6 Å². The number of ether oxygens (including phenoxy) is 2. The van der Waals surface area contributed by atoms with Crippen molar-refractivity contribution in [3.63, 3.8) is 0 Å². The van der Waals surface area contributed by atoms with Gasteiger partial charge in [0, 0.05) is 0 Å². The summed E-state index contributed by atoms with van der Waals surface area (Å²) in [4.78, 5) is 23.6. The van der Waals surface area contributed by atoms with Crippen molar-refractivity contribution in [2.75, 3.05) is 18.2 Å². The zero-order chi connectivity index (χ0) is 14.4. The summed E-state index contributed by atoms with van der Waals surface area (Å²) < 4.78 is 10.2. The van der Waals surface area contributed by atoms with Crippen molar-refractivity contribution in [2.45, 2.75) is 19.4 Å². The van der Waals surface area contributed by atoms with Crippen LogP contribution in [0.25, 0.3) is 0 Å². The first kappa shape index (κ1) is 13.5. The molecule has 0 spiro atoms. The normalized spacial score (nSPS) is 16.1. The predicted octanol–water partition coefficient (Wildman–Crippen LogP) is 1.82. The Labute approximate surface area is 114 Å². The second-order valence-electron chi connectivity index (χ2n) is 4.58. The quantitative estimate of drug-likeness (QED) is 0.606. The van der Waals surface area contributed by atoms with E-state index in [1.54, 1.807) is 13.8 Å². The summed E-state index contributed by atoms with van der Waals surface area (Å²) in [6.45, 7) is 3.16. The number of benzene rings is 1. The van der Waals surface area contributed by atoms with E-state index in [1.165, 1.54) is 13.2 Å². The molecular weight excluding hydrogens is 272 g/mol. The molecule has 0 bridgehead atoms. The zero-order valence-corrected chi connectivity index (χ0v) is 11.4. The van der Waals surface area contributed by atoms with Gasteiger partial charge in [-0.25, -0.2) is 4.79 Å². The van der Waals surface area contributed by atoms with Gasteiger partial charge in [0.25, 0.3) is 5.91 Å². The average Bonchev–Trinajstić information content (AvgIpc) is 2.35. The fraction of sp³-hybridized carbons (Fsp3) is 0.333. The van der Waals surface area contributed by atoms with Gasteiger partial charge in [-0.3, -0.25) is 4.79 Å². The fourth-order valence-electron chi connectivity index (χ4n) is 1.70. The van der Waals surface area contributed by atoms with E-state index in [2.05, 4.69) is 10.1 Å². The lowest BCUT2D eigenvalue weighted by Gasteiger charge is -2.33. The van der Waals surface area contributed by atoms with Gasteiger partial charge in [-0.2, -0.15) is 0 Å². The summed E-state index contributed by atoms with van der Waals surface area (Å²) in [5.74, 6) is -0.826. The highest BCUT2D eigenvalue weighted by atomic mass is 35.5. The van der Waals surface area contributed by atoms with Crippen LogP contribution in [0.5, 0.6) is 5.75 Å². The highest BCUT2D eigenvalue weighted by molar-refractivity contribution is 6.34. The van der Waals surface area contributed by atoms with Crippen molar-refractivity contribution in [1.82, 2.24) is 0 Å². The SMILES string of the molecule is COC(=O)c1cc(Cl)c(N)c2c1OC(C)(C)C(=O)N2. The first-order valence-corrected chi connectivity index (χ1v) is 5.86. The molecule has 0 fully saturated rings. The number of nitrogens with one attached hydrogen (secondary N) is 1. The Bertz CT molecular complexity index is 584. The molecule has 0 saturated carbocycles. The van der Waals surface area contributed by atoms with Crippen LogP contribution < -0.4 is 15.8 Å². The number of halogens is 1. The molecule has 102 valence electrons. The second-order valence-corrected chi connectivity index (χ2v) is 4.99. The van der Waals surface area contributed by atoms with Crippen LogP contribution in [0.2, 0.25) is 5.02 Å². The van der Waals surface area contributed by atoms with Crippen molar-refractivity contribution in [3.8, 4) is 5.75 Å². The molecule has 0 atom stereocenters. The zero-order valence-electron chi connectivity index (χ0n) is 10.7. The smallest absolute Gasteiger partial charge is 0.341 e. The van der Waals surface area contributed by atoms with E-state index >= 15 is 0 Å². The highest BCUT2D eigenvalue weighted by Crippen LogP contribution is 2.44. The van der Waals surface area contributed by atoms with Crippen LogP contribution in [0, 0.1) is 0 Å². The lowest BCUT2D eigenvalue weighted by Crippen LogP contribution is -2.46. The van der Waals surface area contributed by atoms with Gasteiger partial charge in [0.2, 0.25) is 0 Å². The minimum Gasteiger partial charge on any atom is -0.475 e. The first-order chi connectivity index (χ1) is 8.77. The van der Waals surface area contributed by atoms with Gasteiger partial charge in [0.15, 0.2) is 11.4 Å². The molecule has 0 aromatic heterocycles. The number of rotatable bonds is 1. The molecule has 6 nitrogen and oxygen atoms in total. The third-order valence-electron chi connectivity index (χ3n) is 2.82. The minimum atomic E-state index is -1.12. The van der Waals surface area contributed by atoms with Crippen LogP contribution in [0.15, 0.2) is 6.07 Å². The molecule has 3 N–H and O–H groups in total. The molecule has 7 heteroatoms. The average molecular weight is 285 g/mol. The number of hydrogen-bond donors (Lipinski definition) is 2. The molecule has 0 saturated heterocycles. The highest BCUT2D eigenvalue weighted by Gasteiger charge is 2.39. The summed E-state index contributed by atoms with van der Waals surface area (Å²) >= 11 is 5.93. The van der Waals surface area contributed by atoms with E-state index in [9.17, 15) is 9.59 Å². The number of nitrogen functional groups attached to an aromatic ring is 1. The molecule has 19 heavy (non-hydrogen) atoms. The monoisotopic (exact) mass is 284 g/mol. The predicted molar refractivity (Wildman–Crippen MR) is 70.5 cm³/mol. The Kier molecular flexibility index (Phi) is 3.06. The summed E-state index contributed by atoms with van der Waals surface area (Å²) in [7, 11) is 1.24. The Morgan fingerprint density at radius 3 is 2.74 bits per heavy atom. The lowest BCUT2D eigenvalue weighted by atomic mass is 10.0. The third-order valence-corrected chi connectivity index (χ3v) is 3.13. The Morgan fingerprint density at radius 1 is 1.53 bits per heavy atom. The number of anilines is 2. The van der Waals surface area contributed by atoms with Crippen LogP contribution in [-0.2, 0) is 9.53 Å². The molecule has 2 rings (SSSR count). The molecular formula is C12H13ClN2O4. The van der Waals surface area contributed by atoms with E-state index in [-0.39, 0.29) is 33.6 Å². The van der Waals surface area contributed by atoms with Crippen molar-refractivity contribution in [3.05, 3.63) is 16.7 Å². The maximum Gasteiger partial charge on any atom is 0.341 e. The Balaban J connectivity index is 2.68. The van der Waals surface area contributed by atoms with E-state index in [1.807, 2.05) is 0 Å². The molecule has 1 aliphatic heterocycles. The van der Waals surface area contributed by atoms with Gasteiger partial charge in [0.1, 0.15) is 11.3 Å². The lowest BCUT2D eigenvalue weighted by molar-refractivity contribution is -0.129.